The monoisotopic (exact) mass is 231 g/mol. The highest BCUT2D eigenvalue weighted by molar-refractivity contribution is 5.76. The number of fused-ring (bicyclic) bond motifs is 1. The molecule has 17 heavy (non-hydrogen) atoms. The van der Waals surface area contributed by atoms with Crippen molar-refractivity contribution in [3.63, 3.8) is 0 Å². The van der Waals surface area contributed by atoms with E-state index in [1.54, 1.807) is 0 Å². The predicted octanol–water partition coefficient (Wildman–Crippen LogP) is 1.82. The van der Waals surface area contributed by atoms with Gasteiger partial charge < -0.3 is 15.8 Å². The van der Waals surface area contributed by atoms with Gasteiger partial charge in [-0.3, -0.25) is 0 Å². The van der Waals surface area contributed by atoms with Gasteiger partial charge >= 0.3 is 0 Å². The van der Waals surface area contributed by atoms with Gasteiger partial charge in [0.05, 0.1) is 23.7 Å². The summed E-state index contributed by atoms with van der Waals surface area (Å²) in [6.07, 6.45) is 3.79. The standard InChI is InChI=1S/C13H17N3O/c14-10(7-17)9-4-5-11-12(6-9)16-13(15-11)8-2-1-3-8/h4-6,8,10,17H,1-3,7,14H2,(H,15,16). The summed E-state index contributed by atoms with van der Waals surface area (Å²) >= 11 is 0. The third-order valence-corrected chi connectivity index (χ3v) is 3.64. The second kappa shape index (κ2) is 4.13. The van der Waals surface area contributed by atoms with Gasteiger partial charge in [-0.15, -0.1) is 0 Å². The first-order valence-corrected chi connectivity index (χ1v) is 6.14. The summed E-state index contributed by atoms with van der Waals surface area (Å²) in [5.74, 6) is 1.71. The van der Waals surface area contributed by atoms with Crippen molar-refractivity contribution in [1.29, 1.82) is 0 Å². The number of benzene rings is 1. The largest absolute Gasteiger partial charge is 0.394 e. The number of nitrogens with one attached hydrogen (secondary N) is 1. The molecule has 4 N–H and O–H groups in total. The first kappa shape index (κ1) is 10.7. The van der Waals surface area contributed by atoms with Crippen LogP contribution in [-0.2, 0) is 0 Å². The van der Waals surface area contributed by atoms with Crippen LogP contribution in [0.1, 0.15) is 42.6 Å². The van der Waals surface area contributed by atoms with Gasteiger partial charge in [0, 0.05) is 5.92 Å². The smallest absolute Gasteiger partial charge is 0.110 e. The molecule has 0 amide bonds. The molecule has 3 rings (SSSR count). The molecular formula is C13H17N3O. The minimum absolute atomic E-state index is 0.0326. The quantitative estimate of drug-likeness (QED) is 0.754. The molecule has 1 aliphatic carbocycles. The number of imidazole rings is 1. The SMILES string of the molecule is NC(CO)c1ccc2nc(C3CCC3)[nH]c2c1. The highest BCUT2D eigenvalue weighted by Crippen LogP contribution is 2.35. The van der Waals surface area contributed by atoms with Crippen molar-refractivity contribution in [3.8, 4) is 0 Å². The van der Waals surface area contributed by atoms with E-state index in [9.17, 15) is 0 Å². The predicted molar refractivity (Wildman–Crippen MR) is 66.7 cm³/mol. The van der Waals surface area contributed by atoms with Gasteiger partial charge in [0.1, 0.15) is 5.82 Å². The third kappa shape index (κ3) is 1.83. The van der Waals surface area contributed by atoms with Gasteiger partial charge in [-0.1, -0.05) is 12.5 Å². The van der Waals surface area contributed by atoms with Crippen molar-refractivity contribution in [2.45, 2.75) is 31.2 Å². The lowest BCUT2D eigenvalue weighted by Gasteiger charge is -2.22. The molecule has 0 radical (unpaired) electrons. The van der Waals surface area contributed by atoms with Gasteiger partial charge in [0.25, 0.3) is 0 Å². The minimum atomic E-state index is -0.310. The molecule has 1 saturated carbocycles. The molecule has 1 heterocycles. The van der Waals surface area contributed by atoms with Crippen LogP contribution in [-0.4, -0.2) is 21.7 Å². The van der Waals surface area contributed by atoms with E-state index in [2.05, 4.69) is 9.97 Å². The van der Waals surface area contributed by atoms with Gasteiger partial charge in [0.15, 0.2) is 0 Å². The number of rotatable bonds is 3. The van der Waals surface area contributed by atoms with E-state index in [0.29, 0.717) is 5.92 Å². The third-order valence-electron chi connectivity index (χ3n) is 3.64. The summed E-state index contributed by atoms with van der Waals surface area (Å²) in [7, 11) is 0. The number of hydrogen-bond acceptors (Lipinski definition) is 3. The van der Waals surface area contributed by atoms with E-state index in [1.165, 1.54) is 19.3 Å². The van der Waals surface area contributed by atoms with E-state index >= 15 is 0 Å². The van der Waals surface area contributed by atoms with Crippen molar-refractivity contribution in [3.05, 3.63) is 29.6 Å². The number of aromatic amines is 1. The summed E-state index contributed by atoms with van der Waals surface area (Å²) in [6, 6.07) is 5.59. The van der Waals surface area contributed by atoms with Gasteiger partial charge in [-0.05, 0) is 30.5 Å². The van der Waals surface area contributed by atoms with E-state index < -0.39 is 0 Å². The summed E-state index contributed by atoms with van der Waals surface area (Å²) in [6.45, 7) is -0.0326. The van der Waals surface area contributed by atoms with Crippen molar-refractivity contribution < 1.29 is 5.11 Å². The summed E-state index contributed by atoms with van der Waals surface area (Å²) < 4.78 is 0. The average molecular weight is 231 g/mol. The maximum atomic E-state index is 9.05. The molecule has 1 fully saturated rings. The van der Waals surface area contributed by atoms with Gasteiger partial charge in [-0.25, -0.2) is 4.98 Å². The van der Waals surface area contributed by atoms with Crippen molar-refractivity contribution in [2.75, 3.05) is 6.61 Å². The van der Waals surface area contributed by atoms with Crippen molar-refractivity contribution >= 4 is 11.0 Å². The molecule has 4 nitrogen and oxygen atoms in total. The maximum absolute atomic E-state index is 9.05. The van der Waals surface area contributed by atoms with Crippen molar-refractivity contribution in [1.82, 2.24) is 9.97 Å². The van der Waals surface area contributed by atoms with Gasteiger partial charge in [-0.2, -0.15) is 0 Å². The fourth-order valence-electron chi connectivity index (χ4n) is 2.26. The summed E-state index contributed by atoms with van der Waals surface area (Å²) in [5, 5.41) is 9.05. The van der Waals surface area contributed by atoms with Crippen LogP contribution in [0, 0.1) is 0 Å². The van der Waals surface area contributed by atoms with Crippen LogP contribution in [0.15, 0.2) is 18.2 Å². The Morgan fingerprint density at radius 3 is 2.94 bits per heavy atom. The lowest BCUT2D eigenvalue weighted by atomic mass is 9.85. The maximum Gasteiger partial charge on any atom is 0.110 e. The fraction of sp³-hybridized carbons (Fsp3) is 0.462. The van der Waals surface area contributed by atoms with E-state index in [4.69, 9.17) is 10.8 Å². The molecule has 0 bridgehead atoms. The van der Waals surface area contributed by atoms with Crippen LogP contribution >= 0.6 is 0 Å². The van der Waals surface area contributed by atoms with E-state index in [0.717, 1.165) is 22.4 Å². The lowest BCUT2D eigenvalue weighted by Crippen LogP contribution is -2.14. The molecule has 1 atom stereocenters. The molecule has 2 aromatic rings. The van der Waals surface area contributed by atoms with Crippen LogP contribution in [0.25, 0.3) is 11.0 Å². The molecule has 1 aliphatic rings. The Bertz CT molecular complexity index is 528. The average Bonchev–Trinajstić information content (AvgIpc) is 2.67. The van der Waals surface area contributed by atoms with Crippen LogP contribution in [0.2, 0.25) is 0 Å². The molecule has 1 aromatic heterocycles. The zero-order valence-electron chi connectivity index (χ0n) is 9.69. The van der Waals surface area contributed by atoms with Crippen molar-refractivity contribution in [2.24, 2.45) is 5.73 Å². The first-order valence-electron chi connectivity index (χ1n) is 6.14. The lowest BCUT2D eigenvalue weighted by molar-refractivity contribution is 0.268. The Hall–Kier alpha value is -1.39. The van der Waals surface area contributed by atoms with E-state index in [1.807, 2.05) is 18.2 Å². The molecule has 0 spiro atoms. The Balaban J connectivity index is 1.98. The fourth-order valence-corrected chi connectivity index (χ4v) is 2.26. The molecule has 1 aromatic carbocycles. The molecule has 1 unspecified atom stereocenters. The zero-order chi connectivity index (χ0) is 11.8. The van der Waals surface area contributed by atoms with Gasteiger partial charge in [0.2, 0.25) is 0 Å². The van der Waals surface area contributed by atoms with Crippen LogP contribution < -0.4 is 5.73 Å². The molecular weight excluding hydrogens is 214 g/mol. The first-order chi connectivity index (χ1) is 8.28. The Labute approximate surface area is 99.9 Å². The van der Waals surface area contributed by atoms with Crippen LogP contribution in [0.3, 0.4) is 0 Å². The Morgan fingerprint density at radius 1 is 1.47 bits per heavy atom. The second-order valence-corrected chi connectivity index (χ2v) is 4.82. The molecule has 0 aliphatic heterocycles. The summed E-state index contributed by atoms with van der Waals surface area (Å²) in [4.78, 5) is 7.97. The number of nitrogens with two attached hydrogens (primary N) is 1. The number of aliphatic hydroxyl groups is 1. The molecule has 0 saturated heterocycles. The number of aliphatic hydroxyl groups excluding tert-OH is 1. The minimum Gasteiger partial charge on any atom is -0.394 e. The zero-order valence-corrected chi connectivity index (χ0v) is 9.69. The second-order valence-electron chi connectivity index (χ2n) is 4.82. The van der Waals surface area contributed by atoms with E-state index in [-0.39, 0.29) is 12.6 Å². The molecule has 90 valence electrons. The number of H-pyrrole nitrogens is 1. The Kier molecular flexibility index (Phi) is 2.61. The highest BCUT2D eigenvalue weighted by atomic mass is 16.3. The highest BCUT2D eigenvalue weighted by Gasteiger charge is 2.22. The number of nitrogens with zero attached hydrogens (tertiary/aromatic N) is 1. The number of aromatic nitrogens is 2. The Morgan fingerprint density at radius 2 is 2.29 bits per heavy atom. The normalized spacial score (nSPS) is 18.2. The summed E-state index contributed by atoms with van der Waals surface area (Å²) in [5.41, 5.74) is 8.76. The molecule has 4 heteroatoms. The van der Waals surface area contributed by atoms with Crippen LogP contribution in [0.5, 0.6) is 0 Å². The van der Waals surface area contributed by atoms with Crippen LogP contribution in [0.4, 0.5) is 0 Å². The number of hydrogen-bond donors (Lipinski definition) is 3. The topological polar surface area (TPSA) is 74.9 Å².